The number of rotatable bonds is 6. The number of carbonyl (C=O) groups is 1. The second kappa shape index (κ2) is 8.27. The molecule has 1 atom stereocenters. The van der Waals surface area contributed by atoms with Crippen molar-refractivity contribution in [2.45, 2.75) is 33.1 Å². The van der Waals surface area contributed by atoms with E-state index >= 15 is 0 Å². The second-order valence-electron chi connectivity index (χ2n) is 6.32. The fourth-order valence-corrected chi connectivity index (χ4v) is 4.70. The van der Waals surface area contributed by atoms with Crippen LogP contribution in [0.5, 0.6) is 0 Å². The van der Waals surface area contributed by atoms with E-state index in [9.17, 15) is 13.2 Å². The fourth-order valence-electron chi connectivity index (χ4n) is 2.66. The van der Waals surface area contributed by atoms with Gasteiger partial charge in [-0.3, -0.25) is 4.79 Å². The SMILES string of the molecule is CC[C@@H](C)CS(=O)(=O)N1CCC(C(=O)Nc2ccc(Cl)cn2)CC1. The molecule has 134 valence electrons. The van der Waals surface area contributed by atoms with Crippen LogP contribution in [0.4, 0.5) is 5.82 Å². The Balaban J connectivity index is 1.87. The predicted octanol–water partition coefficient (Wildman–Crippen LogP) is 2.76. The third kappa shape index (κ3) is 5.16. The highest BCUT2D eigenvalue weighted by molar-refractivity contribution is 7.89. The Morgan fingerprint density at radius 1 is 1.42 bits per heavy atom. The van der Waals surface area contributed by atoms with Gasteiger partial charge in [0, 0.05) is 25.2 Å². The summed E-state index contributed by atoms with van der Waals surface area (Å²) in [5.41, 5.74) is 0. The van der Waals surface area contributed by atoms with Crippen LogP contribution < -0.4 is 5.32 Å². The van der Waals surface area contributed by atoms with Crippen molar-refractivity contribution >= 4 is 33.3 Å². The zero-order valence-electron chi connectivity index (χ0n) is 14.0. The lowest BCUT2D eigenvalue weighted by molar-refractivity contribution is -0.120. The number of halogens is 1. The van der Waals surface area contributed by atoms with Crippen LogP contribution in [-0.4, -0.2) is 42.5 Å². The lowest BCUT2D eigenvalue weighted by Crippen LogP contribution is -2.43. The van der Waals surface area contributed by atoms with Gasteiger partial charge in [-0.2, -0.15) is 0 Å². The molecule has 1 aromatic rings. The quantitative estimate of drug-likeness (QED) is 0.831. The highest BCUT2D eigenvalue weighted by atomic mass is 35.5. The average molecular weight is 374 g/mol. The normalized spacial score (nSPS) is 18.3. The molecule has 0 radical (unpaired) electrons. The van der Waals surface area contributed by atoms with Gasteiger partial charge in [0.25, 0.3) is 0 Å². The molecule has 1 fully saturated rings. The molecule has 0 saturated carbocycles. The average Bonchev–Trinajstić information content (AvgIpc) is 2.56. The molecule has 0 bridgehead atoms. The number of carbonyl (C=O) groups excluding carboxylic acids is 1. The van der Waals surface area contributed by atoms with Crippen molar-refractivity contribution < 1.29 is 13.2 Å². The number of piperidine rings is 1. The van der Waals surface area contributed by atoms with Crippen LogP contribution in [0, 0.1) is 11.8 Å². The lowest BCUT2D eigenvalue weighted by atomic mass is 9.97. The van der Waals surface area contributed by atoms with E-state index in [1.165, 1.54) is 10.5 Å². The van der Waals surface area contributed by atoms with Crippen molar-refractivity contribution in [3.8, 4) is 0 Å². The van der Waals surface area contributed by atoms with E-state index in [4.69, 9.17) is 11.6 Å². The van der Waals surface area contributed by atoms with Gasteiger partial charge in [-0.25, -0.2) is 17.7 Å². The predicted molar refractivity (Wildman–Crippen MR) is 95.4 cm³/mol. The molecule has 1 aliphatic rings. The molecule has 2 heterocycles. The third-order valence-electron chi connectivity index (χ3n) is 4.39. The largest absolute Gasteiger partial charge is 0.310 e. The minimum atomic E-state index is -3.23. The lowest BCUT2D eigenvalue weighted by Gasteiger charge is -2.31. The third-order valence-corrected chi connectivity index (χ3v) is 6.75. The summed E-state index contributed by atoms with van der Waals surface area (Å²) in [6.45, 7) is 4.72. The van der Waals surface area contributed by atoms with Gasteiger partial charge in [0.05, 0.1) is 10.8 Å². The van der Waals surface area contributed by atoms with Gasteiger partial charge in [0.15, 0.2) is 0 Å². The van der Waals surface area contributed by atoms with Crippen LogP contribution in [0.25, 0.3) is 0 Å². The van der Waals surface area contributed by atoms with Gasteiger partial charge in [0.2, 0.25) is 15.9 Å². The molecule has 1 N–H and O–H groups in total. The number of pyridine rings is 1. The van der Waals surface area contributed by atoms with E-state index in [0.717, 1.165) is 6.42 Å². The smallest absolute Gasteiger partial charge is 0.228 e. The van der Waals surface area contributed by atoms with Crippen LogP contribution in [0.15, 0.2) is 18.3 Å². The number of hydrogen-bond acceptors (Lipinski definition) is 4. The van der Waals surface area contributed by atoms with E-state index < -0.39 is 10.0 Å². The summed E-state index contributed by atoms with van der Waals surface area (Å²) >= 11 is 5.76. The van der Waals surface area contributed by atoms with Gasteiger partial charge >= 0.3 is 0 Å². The summed E-state index contributed by atoms with van der Waals surface area (Å²) in [5, 5.41) is 3.26. The first kappa shape index (κ1) is 19.1. The first-order valence-electron chi connectivity index (χ1n) is 8.22. The highest BCUT2D eigenvalue weighted by Gasteiger charge is 2.31. The summed E-state index contributed by atoms with van der Waals surface area (Å²) in [4.78, 5) is 16.3. The maximum absolute atomic E-state index is 12.4. The Morgan fingerprint density at radius 3 is 2.62 bits per heavy atom. The van der Waals surface area contributed by atoms with E-state index in [2.05, 4.69) is 10.3 Å². The molecule has 1 saturated heterocycles. The molecule has 0 aliphatic carbocycles. The van der Waals surface area contributed by atoms with Crippen molar-refractivity contribution in [1.29, 1.82) is 0 Å². The minimum absolute atomic E-state index is 0.121. The first-order valence-corrected chi connectivity index (χ1v) is 10.2. The Hall–Kier alpha value is -1.18. The molecular weight excluding hydrogens is 350 g/mol. The zero-order chi connectivity index (χ0) is 17.7. The number of anilines is 1. The highest BCUT2D eigenvalue weighted by Crippen LogP contribution is 2.22. The second-order valence-corrected chi connectivity index (χ2v) is 8.77. The van der Waals surface area contributed by atoms with Gasteiger partial charge in [-0.15, -0.1) is 0 Å². The van der Waals surface area contributed by atoms with Gasteiger partial charge < -0.3 is 5.32 Å². The van der Waals surface area contributed by atoms with E-state index in [1.54, 1.807) is 12.1 Å². The van der Waals surface area contributed by atoms with Crippen molar-refractivity contribution in [2.75, 3.05) is 24.2 Å². The van der Waals surface area contributed by atoms with E-state index in [0.29, 0.717) is 36.8 Å². The van der Waals surface area contributed by atoms with Crippen LogP contribution in [-0.2, 0) is 14.8 Å². The number of nitrogens with one attached hydrogen (secondary N) is 1. The van der Waals surface area contributed by atoms with Crippen LogP contribution in [0.3, 0.4) is 0 Å². The van der Waals surface area contributed by atoms with Crippen molar-refractivity contribution in [3.05, 3.63) is 23.4 Å². The number of nitrogens with zero attached hydrogens (tertiary/aromatic N) is 2. The topological polar surface area (TPSA) is 79.4 Å². The standard InChI is InChI=1S/C16H24ClN3O3S/c1-3-12(2)11-24(22,23)20-8-6-13(7-9-20)16(21)19-15-5-4-14(17)10-18-15/h4-5,10,12-13H,3,6-9,11H2,1-2H3,(H,18,19,21)/t12-/m1/s1. The molecule has 24 heavy (non-hydrogen) atoms. The maximum atomic E-state index is 12.4. The Morgan fingerprint density at radius 2 is 2.08 bits per heavy atom. The Bertz CT molecular complexity index is 656. The van der Waals surface area contributed by atoms with Crippen LogP contribution >= 0.6 is 11.6 Å². The summed E-state index contributed by atoms with van der Waals surface area (Å²) in [6.07, 6.45) is 3.37. The molecular formula is C16H24ClN3O3S. The monoisotopic (exact) mass is 373 g/mol. The number of sulfonamides is 1. The number of hydrogen-bond donors (Lipinski definition) is 1. The van der Waals surface area contributed by atoms with E-state index in [1.807, 2.05) is 13.8 Å². The summed E-state index contributed by atoms with van der Waals surface area (Å²) in [5.74, 6) is 0.458. The van der Waals surface area contributed by atoms with Crippen LogP contribution in [0.1, 0.15) is 33.1 Å². The Kier molecular flexibility index (Phi) is 6.60. The van der Waals surface area contributed by atoms with Gasteiger partial charge in [-0.05, 0) is 30.9 Å². The molecule has 1 aliphatic heterocycles. The number of amides is 1. The van der Waals surface area contributed by atoms with Crippen molar-refractivity contribution in [2.24, 2.45) is 11.8 Å². The molecule has 6 nitrogen and oxygen atoms in total. The molecule has 0 spiro atoms. The molecule has 0 aromatic carbocycles. The fraction of sp³-hybridized carbons (Fsp3) is 0.625. The Labute approximate surface area is 148 Å². The maximum Gasteiger partial charge on any atom is 0.228 e. The summed E-state index contributed by atoms with van der Waals surface area (Å²) < 4.78 is 26.2. The molecule has 1 aromatic heterocycles. The van der Waals surface area contributed by atoms with Crippen molar-refractivity contribution in [3.63, 3.8) is 0 Å². The van der Waals surface area contributed by atoms with Crippen molar-refractivity contribution in [1.82, 2.24) is 9.29 Å². The van der Waals surface area contributed by atoms with Gasteiger partial charge in [-0.1, -0.05) is 31.9 Å². The number of aromatic nitrogens is 1. The first-order chi connectivity index (χ1) is 11.3. The van der Waals surface area contributed by atoms with Gasteiger partial charge in [0.1, 0.15) is 5.82 Å². The molecule has 1 amide bonds. The molecule has 0 unspecified atom stereocenters. The zero-order valence-corrected chi connectivity index (χ0v) is 15.6. The summed E-state index contributed by atoms with van der Waals surface area (Å²) in [7, 11) is -3.23. The molecule has 2 rings (SSSR count). The molecule has 8 heteroatoms. The van der Waals surface area contributed by atoms with E-state index in [-0.39, 0.29) is 23.5 Å². The summed E-state index contributed by atoms with van der Waals surface area (Å²) in [6, 6.07) is 3.31. The minimum Gasteiger partial charge on any atom is -0.310 e. The van der Waals surface area contributed by atoms with Crippen LogP contribution in [0.2, 0.25) is 5.02 Å².